The Kier molecular flexibility index (Phi) is 3.58. The highest BCUT2D eigenvalue weighted by molar-refractivity contribution is 8.01. The van der Waals surface area contributed by atoms with Crippen LogP contribution in [0.2, 0.25) is 0 Å². The highest BCUT2D eigenvalue weighted by Crippen LogP contribution is 2.33. The summed E-state index contributed by atoms with van der Waals surface area (Å²) in [6.45, 7) is 3.89. The molecule has 1 aromatic carbocycles. The van der Waals surface area contributed by atoms with Crippen molar-refractivity contribution in [1.82, 2.24) is 9.36 Å². The lowest BCUT2D eigenvalue weighted by Crippen LogP contribution is -2.05. The van der Waals surface area contributed by atoms with Crippen LogP contribution in [0.3, 0.4) is 0 Å². The monoisotopic (exact) mass is 251 g/mol. The predicted octanol–water partition coefficient (Wildman–Crippen LogP) is 3.02. The molecule has 0 saturated carbocycles. The van der Waals surface area contributed by atoms with Gasteiger partial charge in [-0.25, -0.2) is 4.98 Å². The van der Waals surface area contributed by atoms with Crippen molar-refractivity contribution in [3.63, 3.8) is 0 Å². The van der Waals surface area contributed by atoms with Gasteiger partial charge < -0.3 is 5.73 Å². The molecular formula is C11H13N3S2. The molecule has 0 radical (unpaired) electrons. The molecule has 2 rings (SSSR count). The van der Waals surface area contributed by atoms with Crippen LogP contribution in [0, 0.1) is 6.92 Å². The highest BCUT2D eigenvalue weighted by Gasteiger charge is 2.09. The molecule has 1 atom stereocenters. The number of aryl methyl sites for hydroxylation is 1. The van der Waals surface area contributed by atoms with Crippen LogP contribution < -0.4 is 5.73 Å². The maximum Gasteiger partial charge on any atom is 0.174 e. The number of benzene rings is 1. The number of aromatic nitrogens is 2. The molecule has 0 bridgehead atoms. The van der Waals surface area contributed by atoms with Gasteiger partial charge in [0.2, 0.25) is 0 Å². The molecule has 0 aliphatic heterocycles. The van der Waals surface area contributed by atoms with Gasteiger partial charge in [0.25, 0.3) is 0 Å². The zero-order valence-electron chi connectivity index (χ0n) is 9.18. The smallest absolute Gasteiger partial charge is 0.174 e. The van der Waals surface area contributed by atoms with E-state index in [-0.39, 0.29) is 6.04 Å². The zero-order valence-corrected chi connectivity index (χ0v) is 10.8. The summed E-state index contributed by atoms with van der Waals surface area (Å²) < 4.78 is 5.13. The Hall–Kier alpha value is -0.910. The first-order valence-electron chi connectivity index (χ1n) is 4.99. The lowest BCUT2D eigenvalue weighted by molar-refractivity contribution is 0.797. The van der Waals surface area contributed by atoms with E-state index in [1.54, 1.807) is 11.8 Å². The number of rotatable bonds is 3. The first-order chi connectivity index (χ1) is 7.66. The lowest BCUT2D eigenvalue weighted by atomic mass is 10.1. The normalized spacial score (nSPS) is 12.7. The van der Waals surface area contributed by atoms with Crippen molar-refractivity contribution in [2.75, 3.05) is 0 Å². The van der Waals surface area contributed by atoms with E-state index >= 15 is 0 Å². The number of nitrogens with zero attached hydrogens (tertiary/aromatic N) is 2. The van der Waals surface area contributed by atoms with Gasteiger partial charge >= 0.3 is 0 Å². The average molecular weight is 251 g/mol. The maximum absolute atomic E-state index is 5.93. The Morgan fingerprint density at radius 2 is 2.12 bits per heavy atom. The van der Waals surface area contributed by atoms with Crippen molar-refractivity contribution in [3.8, 4) is 0 Å². The van der Waals surface area contributed by atoms with E-state index in [2.05, 4.69) is 21.5 Å². The number of hydrogen-bond donors (Lipinski definition) is 1. The summed E-state index contributed by atoms with van der Waals surface area (Å²) in [6, 6.07) is 8.19. The Morgan fingerprint density at radius 1 is 1.38 bits per heavy atom. The number of hydrogen-bond acceptors (Lipinski definition) is 5. The summed E-state index contributed by atoms with van der Waals surface area (Å²) in [6.07, 6.45) is 0. The van der Waals surface area contributed by atoms with Crippen molar-refractivity contribution >= 4 is 23.3 Å². The van der Waals surface area contributed by atoms with Crippen LogP contribution in [-0.2, 0) is 0 Å². The van der Waals surface area contributed by atoms with Gasteiger partial charge in [-0.1, -0.05) is 30.0 Å². The summed E-state index contributed by atoms with van der Waals surface area (Å²) in [7, 11) is 0. The summed E-state index contributed by atoms with van der Waals surface area (Å²) >= 11 is 3.05. The van der Waals surface area contributed by atoms with Crippen LogP contribution >= 0.6 is 23.3 Å². The third-order valence-corrected chi connectivity index (χ3v) is 4.05. The highest BCUT2D eigenvalue weighted by atomic mass is 32.2. The average Bonchev–Trinajstić information content (AvgIpc) is 2.64. The Morgan fingerprint density at radius 3 is 2.75 bits per heavy atom. The fourth-order valence-electron chi connectivity index (χ4n) is 1.36. The summed E-state index contributed by atoms with van der Waals surface area (Å²) in [5.74, 6) is 0.825. The second-order valence-corrected chi connectivity index (χ2v) is 5.58. The van der Waals surface area contributed by atoms with Crippen LogP contribution in [0.5, 0.6) is 0 Å². The van der Waals surface area contributed by atoms with Gasteiger partial charge in [0.05, 0.1) is 0 Å². The lowest BCUT2D eigenvalue weighted by Gasteiger charge is -2.10. The minimum absolute atomic E-state index is 0.0396. The van der Waals surface area contributed by atoms with Crippen molar-refractivity contribution in [2.45, 2.75) is 29.1 Å². The summed E-state index contributed by atoms with van der Waals surface area (Å²) in [4.78, 5) is 5.50. The topological polar surface area (TPSA) is 51.8 Å². The van der Waals surface area contributed by atoms with E-state index in [1.165, 1.54) is 11.5 Å². The zero-order chi connectivity index (χ0) is 11.5. The van der Waals surface area contributed by atoms with Crippen LogP contribution in [-0.4, -0.2) is 9.36 Å². The van der Waals surface area contributed by atoms with E-state index in [9.17, 15) is 0 Å². The molecule has 1 unspecified atom stereocenters. The molecular weight excluding hydrogens is 238 g/mol. The molecule has 0 saturated heterocycles. The molecule has 1 heterocycles. The quantitative estimate of drug-likeness (QED) is 0.911. The molecule has 84 valence electrons. The molecule has 0 aliphatic rings. The molecule has 0 spiro atoms. The van der Waals surface area contributed by atoms with E-state index in [0.717, 1.165) is 20.6 Å². The molecule has 1 aromatic heterocycles. The standard InChI is InChI=1S/C11H13N3S2/c1-7(12)9-5-3-4-6-10(9)15-11-13-8(2)14-16-11/h3-7H,12H2,1-2H3. The first-order valence-corrected chi connectivity index (χ1v) is 6.58. The van der Waals surface area contributed by atoms with Crippen molar-refractivity contribution in [1.29, 1.82) is 0 Å². The largest absolute Gasteiger partial charge is 0.324 e. The van der Waals surface area contributed by atoms with Gasteiger partial charge in [-0.15, -0.1) is 0 Å². The van der Waals surface area contributed by atoms with E-state index in [0.29, 0.717) is 0 Å². The summed E-state index contributed by atoms with van der Waals surface area (Å²) in [5, 5.41) is 0. The second-order valence-electron chi connectivity index (χ2n) is 3.54. The predicted molar refractivity (Wildman–Crippen MR) is 67.8 cm³/mol. The molecule has 0 amide bonds. The Bertz CT molecular complexity index is 480. The van der Waals surface area contributed by atoms with Crippen molar-refractivity contribution in [2.24, 2.45) is 5.73 Å². The molecule has 0 aliphatic carbocycles. The van der Waals surface area contributed by atoms with Crippen molar-refractivity contribution in [3.05, 3.63) is 35.7 Å². The van der Waals surface area contributed by atoms with Gasteiger partial charge in [-0.2, -0.15) is 4.37 Å². The van der Waals surface area contributed by atoms with Gasteiger partial charge in [-0.3, -0.25) is 0 Å². The molecule has 2 N–H and O–H groups in total. The van der Waals surface area contributed by atoms with Gasteiger partial charge in [-0.05, 0) is 37.0 Å². The molecule has 2 aromatic rings. The maximum atomic E-state index is 5.93. The Labute approximate surface area is 103 Å². The minimum atomic E-state index is 0.0396. The van der Waals surface area contributed by atoms with Gasteiger partial charge in [0.15, 0.2) is 4.34 Å². The van der Waals surface area contributed by atoms with Crippen LogP contribution in [0.4, 0.5) is 0 Å². The SMILES string of the molecule is Cc1nsc(Sc2ccccc2C(C)N)n1. The third-order valence-electron chi connectivity index (χ3n) is 2.12. The van der Waals surface area contributed by atoms with Gasteiger partial charge in [0, 0.05) is 10.9 Å². The fourth-order valence-corrected chi connectivity index (χ4v) is 3.20. The summed E-state index contributed by atoms with van der Waals surface area (Å²) in [5.41, 5.74) is 7.08. The second kappa shape index (κ2) is 4.95. The Balaban J connectivity index is 2.27. The van der Waals surface area contributed by atoms with Gasteiger partial charge in [0.1, 0.15) is 5.82 Å². The van der Waals surface area contributed by atoms with Crippen LogP contribution in [0.1, 0.15) is 24.4 Å². The first kappa shape index (κ1) is 11.6. The molecule has 3 nitrogen and oxygen atoms in total. The fraction of sp³-hybridized carbons (Fsp3) is 0.273. The van der Waals surface area contributed by atoms with Crippen LogP contribution in [0.25, 0.3) is 0 Å². The van der Waals surface area contributed by atoms with Crippen molar-refractivity contribution < 1.29 is 0 Å². The van der Waals surface area contributed by atoms with E-state index in [1.807, 2.05) is 26.0 Å². The number of nitrogens with two attached hydrogens (primary N) is 1. The van der Waals surface area contributed by atoms with Crippen LogP contribution in [0.15, 0.2) is 33.5 Å². The molecule has 16 heavy (non-hydrogen) atoms. The molecule has 0 fully saturated rings. The molecule has 5 heteroatoms. The van der Waals surface area contributed by atoms with E-state index < -0.39 is 0 Å². The minimum Gasteiger partial charge on any atom is -0.324 e. The van der Waals surface area contributed by atoms with E-state index in [4.69, 9.17) is 5.73 Å². The third kappa shape index (κ3) is 2.61.